The lowest BCUT2D eigenvalue weighted by Crippen LogP contribution is -2.40. The van der Waals surface area contributed by atoms with Gasteiger partial charge in [-0.15, -0.1) is 0 Å². The number of hydrogen-bond acceptors (Lipinski definition) is 3. The van der Waals surface area contributed by atoms with Crippen LogP contribution < -0.4 is 0 Å². The quantitative estimate of drug-likeness (QED) is 0.566. The summed E-state index contributed by atoms with van der Waals surface area (Å²) in [5.74, 6) is 0.440. The highest BCUT2D eigenvalue weighted by atomic mass is 32.2. The number of hydrogen-bond donors (Lipinski definition) is 0. The van der Waals surface area contributed by atoms with Crippen LogP contribution in [0.3, 0.4) is 0 Å². The average molecular weight is 244 g/mol. The molecule has 4 heteroatoms. The molecule has 0 unspecified atom stereocenters. The second kappa shape index (κ2) is 3.33. The lowest BCUT2D eigenvalue weighted by atomic mass is 9.73. The van der Waals surface area contributed by atoms with Gasteiger partial charge in [0.05, 0.1) is 6.61 Å². The summed E-state index contributed by atoms with van der Waals surface area (Å²) in [6.07, 6.45) is 2.35. The predicted molar refractivity (Wildman–Crippen MR) is 63.5 cm³/mol. The predicted octanol–water partition coefficient (Wildman–Crippen LogP) is 2.49. The summed E-state index contributed by atoms with van der Waals surface area (Å²) in [5.41, 5.74) is 0.785. The van der Waals surface area contributed by atoms with Gasteiger partial charge in [-0.1, -0.05) is 20.4 Å². The van der Waals surface area contributed by atoms with Crippen LogP contribution in [0.5, 0.6) is 0 Å². The van der Waals surface area contributed by atoms with E-state index in [0.29, 0.717) is 18.8 Å². The Bertz CT molecular complexity index is 422. The maximum atomic E-state index is 12.2. The molecule has 0 spiro atoms. The maximum absolute atomic E-state index is 12.2. The Hall–Kier alpha value is -0.350. The van der Waals surface area contributed by atoms with E-state index in [0.717, 1.165) is 12.0 Å². The first-order chi connectivity index (χ1) is 7.28. The molecule has 2 atom stereocenters. The van der Waals surface area contributed by atoms with Crippen LogP contribution in [-0.2, 0) is 14.3 Å². The third-order valence-electron chi connectivity index (χ3n) is 4.57. The van der Waals surface area contributed by atoms with Crippen LogP contribution in [0.1, 0.15) is 40.0 Å². The first-order valence-corrected chi connectivity index (χ1v) is 7.27. The Labute approximate surface area is 98.0 Å². The molecule has 3 nitrogen and oxygen atoms in total. The largest absolute Gasteiger partial charge is 0.277 e. The minimum atomic E-state index is -3.50. The Morgan fingerprint density at radius 3 is 2.56 bits per heavy atom. The summed E-state index contributed by atoms with van der Waals surface area (Å²) >= 11 is 0. The van der Waals surface area contributed by atoms with Crippen LogP contribution in [0.15, 0.2) is 12.2 Å². The molecule has 2 bridgehead atoms. The topological polar surface area (TPSA) is 43.4 Å². The molecule has 16 heavy (non-hydrogen) atoms. The van der Waals surface area contributed by atoms with E-state index < -0.39 is 14.9 Å². The summed E-state index contributed by atoms with van der Waals surface area (Å²) in [6.45, 7) is 10.2. The Balaban J connectivity index is 2.46. The molecule has 0 aromatic carbocycles. The van der Waals surface area contributed by atoms with Gasteiger partial charge in [-0.05, 0) is 43.1 Å². The summed E-state index contributed by atoms with van der Waals surface area (Å²) in [5, 5.41) is 0. The molecule has 0 N–H and O–H groups in total. The molecule has 2 aliphatic rings. The standard InChI is InChI=1S/C12H20O3S/c1-5-15-16(13,14)12-7-6-10(8-12)11(3,4)9(12)2/h10H,2,5-8H2,1,3-4H3/t10-,12-/m1/s1. The zero-order chi connectivity index (χ0) is 12.2. The van der Waals surface area contributed by atoms with Gasteiger partial charge in [-0.2, -0.15) is 8.42 Å². The van der Waals surface area contributed by atoms with E-state index >= 15 is 0 Å². The molecule has 0 heterocycles. The van der Waals surface area contributed by atoms with E-state index in [-0.39, 0.29) is 12.0 Å². The van der Waals surface area contributed by atoms with Gasteiger partial charge in [0.2, 0.25) is 0 Å². The van der Waals surface area contributed by atoms with Gasteiger partial charge >= 0.3 is 0 Å². The second-order valence-corrected chi connectivity index (χ2v) is 7.42. The van der Waals surface area contributed by atoms with E-state index in [1.54, 1.807) is 6.92 Å². The van der Waals surface area contributed by atoms with E-state index in [4.69, 9.17) is 4.18 Å². The van der Waals surface area contributed by atoms with Gasteiger partial charge in [-0.3, -0.25) is 4.18 Å². The summed E-state index contributed by atoms with van der Waals surface area (Å²) in [6, 6.07) is 0. The molecule has 0 saturated heterocycles. The van der Waals surface area contributed by atoms with Crippen molar-refractivity contribution in [2.24, 2.45) is 11.3 Å². The van der Waals surface area contributed by atoms with Gasteiger partial charge in [0.25, 0.3) is 10.1 Å². The van der Waals surface area contributed by atoms with Crippen molar-refractivity contribution < 1.29 is 12.6 Å². The van der Waals surface area contributed by atoms with Gasteiger partial charge in [0, 0.05) is 0 Å². The van der Waals surface area contributed by atoms with Crippen LogP contribution >= 0.6 is 0 Å². The Kier molecular flexibility index (Phi) is 2.52. The SMILES string of the molecule is C=C1C(C)(C)[C@@H]2CC[C@@]1(S(=O)(=O)OCC)C2. The fourth-order valence-electron chi connectivity index (χ4n) is 3.38. The van der Waals surface area contributed by atoms with Crippen molar-refractivity contribution in [1.82, 2.24) is 0 Å². The van der Waals surface area contributed by atoms with Crippen molar-refractivity contribution in [3.05, 3.63) is 12.2 Å². The fourth-order valence-corrected chi connectivity index (χ4v) is 5.25. The normalized spacial score (nSPS) is 36.9. The van der Waals surface area contributed by atoms with E-state index in [2.05, 4.69) is 20.4 Å². The van der Waals surface area contributed by atoms with Crippen LogP contribution in [0.4, 0.5) is 0 Å². The molecule has 0 aromatic rings. The van der Waals surface area contributed by atoms with Gasteiger partial charge in [0.15, 0.2) is 0 Å². The highest BCUT2D eigenvalue weighted by Gasteiger charge is 2.64. The second-order valence-electron chi connectivity index (χ2n) is 5.49. The van der Waals surface area contributed by atoms with Crippen LogP contribution in [0.2, 0.25) is 0 Å². The molecule has 2 saturated carbocycles. The molecular weight excluding hydrogens is 224 g/mol. The van der Waals surface area contributed by atoms with Crippen LogP contribution in [-0.4, -0.2) is 19.8 Å². The molecule has 0 radical (unpaired) electrons. The molecule has 2 rings (SSSR count). The first kappa shape index (κ1) is 12.1. The monoisotopic (exact) mass is 244 g/mol. The highest BCUT2D eigenvalue weighted by molar-refractivity contribution is 7.88. The molecule has 0 amide bonds. The van der Waals surface area contributed by atoms with Crippen molar-refractivity contribution in [2.45, 2.75) is 44.8 Å². The molecule has 2 fully saturated rings. The van der Waals surface area contributed by atoms with Crippen LogP contribution in [0.25, 0.3) is 0 Å². The first-order valence-electron chi connectivity index (χ1n) is 5.87. The Morgan fingerprint density at radius 1 is 1.50 bits per heavy atom. The van der Waals surface area contributed by atoms with E-state index in [9.17, 15) is 8.42 Å². The maximum Gasteiger partial charge on any atom is 0.277 e. The molecule has 0 aliphatic heterocycles. The van der Waals surface area contributed by atoms with Crippen molar-refractivity contribution in [3.8, 4) is 0 Å². The van der Waals surface area contributed by atoms with Crippen molar-refractivity contribution in [1.29, 1.82) is 0 Å². The summed E-state index contributed by atoms with van der Waals surface area (Å²) in [7, 11) is -3.50. The van der Waals surface area contributed by atoms with Crippen molar-refractivity contribution >= 4 is 10.1 Å². The fraction of sp³-hybridized carbons (Fsp3) is 0.833. The van der Waals surface area contributed by atoms with Crippen LogP contribution in [0, 0.1) is 11.3 Å². The zero-order valence-electron chi connectivity index (χ0n) is 10.2. The molecule has 0 aromatic heterocycles. The van der Waals surface area contributed by atoms with Gasteiger partial charge < -0.3 is 0 Å². The van der Waals surface area contributed by atoms with Crippen molar-refractivity contribution in [2.75, 3.05) is 6.61 Å². The van der Waals surface area contributed by atoms with Crippen molar-refractivity contribution in [3.63, 3.8) is 0 Å². The van der Waals surface area contributed by atoms with E-state index in [1.165, 1.54) is 0 Å². The minimum Gasteiger partial charge on any atom is -0.270 e. The Morgan fingerprint density at radius 2 is 2.12 bits per heavy atom. The molecule has 92 valence electrons. The average Bonchev–Trinajstić information content (AvgIpc) is 2.68. The number of fused-ring (bicyclic) bond motifs is 2. The smallest absolute Gasteiger partial charge is 0.270 e. The third kappa shape index (κ3) is 1.26. The van der Waals surface area contributed by atoms with Gasteiger partial charge in [0.1, 0.15) is 4.75 Å². The number of rotatable bonds is 3. The lowest BCUT2D eigenvalue weighted by Gasteiger charge is -2.36. The summed E-state index contributed by atoms with van der Waals surface area (Å²) < 4.78 is 28.7. The molecular formula is C12H20O3S. The summed E-state index contributed by atoms with van der Waals surface area (Å²) in [4.78, 5) is 0. The zero-order valence-corrected chi connectivity index (χ0v) is 11.1. The van der Waals surface area contributed by atoms with Gasteiger partial charge in [-0.25, -0.2) is 0 Å². The lowest BCUT2D eigenvalue weighted by molar-refractivity contribution is 0.283. The van der Waals surface area contributed by atoms with E-state index in [1.807, 2.05) is 0 Å². The third-order valence-corrected chi connectivity index (χ3v) is 6.69. The molecule has 2 aliphatic carbocycles. The highest BCUT2D eigenvalue weighted by Crippen LogP contribution is 2.63. The minimum absolute atomic E-state index is 0.0670.